The van der Waals surface area contributed by atoms with Gasteiger partial charge in [-0.25, -0.2) is 4.98 Å². The van der Waals surface area contributed by atoms with Crippen LogP contribution in [0.4, 0.5) is 0 Å². The first-order valence-electron chi connectivity index (χ1n) is 6.33. The molecule has 0 amide bonds. The van der Waals surface area contributed by atoms with E-state index < -0.39 is 0 Å². The minimum atomic E-state index is 0.0838. The predicted octanol–water partition coefficient (Wildman–Crippen LogP) is 3.32. The maximum Gasteiger partial charge on any atom is 0.257 e. The monoisotopic (exact) mass is 235 g/mol. The zero-order chi connectivity index (χ0) is 12.5. The molecular formula is C14H21NO2. The third-order valence-corrected chi connectivity index (χ3v) is 3.57. The van der Waals surface area contributed by atoms with Crippen molar-refractivity contribution in [2.75, 3.05) is 6.61 Å². The van der Waals surface area contributed by atoms with Gasteiger partial charge < -0.3 is 9.47 Å². The Morgan fingerprint density at radius 2 is 2.24 bits per heavy atom. The average molecular weight is 235 g/mol. The Labute approximate surface area is 103 Å². The Morgan fingerprint density at radius 1 is 1.47 bits per heavy atom. The standard InChI is InChI=1S/C14H21NO2/c1-5-14(3,4)11-6-8-15-13-12(11)17-10(2)7-9-16-13/h6,8,10H,5,7,9H2,1-4H3. The number of fused-ring (bicyclic) bond motifs is 1. The normalized spacial score (nSPS) is 19.9. The highest BCUT2D eigenvalue weighted by Crippen LogP contribution is 2.40. The van der Waals surface area contributed by atoms with Gasteiger partial charge in [0.15, 0.2) is 5.75 Å². The van der Waals surface area contributed by atoms with Gasteiger partial charge in [-0.15, -0.1) is 0 Å². The summed E-state index contributed by atoms with van der Waals surface area (Å²) in [5.74, 6) is 1.48. The number of aromatic nitrogens is 1. The van der Waals surface area contributed by atoms with Crippen LogP contribution in [-0.2, 0) is 5.41 Å². The van der Waals surface area contributed by atoms with Gasteiger partial charge in [0.2, 0.25) is 0 Å². The van der Waals surface area contributed by atoms with Crippen LogP contribution in [0, 0.1) is 0 Å². The quantitative estimate of drug-likeness (QED) is 0.788. The van der Waals surface area contributed by atoms with Gasteiger partial charge in [0, 0.05) is 18.2 Å². The molecule has 0 N–H and O–H groups in total. The van der Waals surface area contributed by atoms with Crippen LogP contribution in [0.3, 0.4) is 0 Å². The molecule has 1 aromatic rings. The Bertz CT molecular complexity index is 401. The van der Waals surface area contributed by atoms with Crippen molar-refractivity contribution in [3.05, 3.63) is 17.8 Å². The maximum absolute atomic E-state index is 5.99. The lowest BCUT2D eigenvalue weighted by Crippen LogP contribution is -2.19. The number of hydrogen-bond donors (Lipinski definition) is 0. The first-order chi connectivity index (χ1) is 8.04. The molecule has 0 spiro atoms. The molecule has 0 bridgehead atoms. The molecule has 0 fully saturated rings. The summed E-state index contributed by atoms with van der Waals surface area (Å²) >= 11 is 0. The fourth-order valence-corrected chi connectivity index (χ4v) is 1.95. The smallest absolute Gasteiger partial charge is 0.257 e. The van der Waals surface area contributed by atoms with E-state index in [2.05, 4.69) is 32.7 Å². The van der Waals surface area contributed by atoms with Crippen molar-refractivity contribution >= 4 is 0 Å². The van der Waals surface area contributed by atoms with Crippen molar-refractivity contribution in [3.8, 4) is 11.6 Å². The minimum absolute atomic E-state index is 0.0838. The lowest BCUT2D eigenvalue weighted by molar-refractivity contribution is 0.206. The van der Waals surface area contributed by atoms with Crippen LogP contribution < -0.4 is 9.47 Å². The van der Waals surface area contributed by atoms with Crippen LogP contribution in [0.2, 0.25) is 0 Å². The number of ether oxygens (including phenoxy) is 2. The molecule has 94 valence electrons. The molecule has 1 atom stereocenters. The van der Waals surface area contributed by atoms with Crippen LogP contribution in [0.5, 0.6) is 11.6 Å². The van der Waals surface area contributed by atoms with E-state index in [9.17, 15) is 0 Å². The Kier molecular flexibility index (Phi) is 3.27. The number of rotatable bonds is 2. The molecule has 0 saturated heterocycles. The Hall–Kier alpha value is -1.25. The molecule has 17 heavy (non-hydrogen) atoms. The van der Waals surface area contributed by atoms with Gasteiger partial charge in [0.25, 0.3) is 5.88 Å². The second kappa shape index (κ2) is 4.55. The van der Waals surface area contributed by atoms with E-state index in [1.807, 2.05) is 12.3 Å². The van der Waals surface area contributed by atoms with Gasteiger partial charge in [-0.2, -0.15) is 0 Å². The zero-order valence-corrected chi connectivity index (χ0v) is 11.1. The van der Waals surface area contributed by atoms with E-state index >= 15 is 0 Å². The van der Waals surface area contributed by atoms with Crippen LogP contribution in [0.1, 0.15) is 46.1 Å². The van der Waals surface area contributed by atoms with Crippen LogP contribution in [0.25, 0.3) is 0 Å². The number of pyridine rings is 1. The second-order valence-corrected chi connectivity index (χ2v) is 5.30. The minimum Gasteiger partial charge on any atom is -0.485 e. The molecule has 0 saturated carbocycles. The molecule has 3 heteroatoms. The molecule has 2 rings (SSSR count). The van der Waals surface area contributed by atoms with Crippen molar-refractivity contribution in [3.63, 3.8) is 0 Å². The van der Waals surface area contributed by atoms with Gasteiger partial charge >= 0.3 is 0 Å². The summed E-state index contributed by atoms with van der Waals surface area (Å²) in [6.07, 6.45) is 3.96. The molecule has 3 nitrogen and oxygen atoms in total. The lowest BCUT2D eigenvalue weighted by atomic mass is 9.82. The van der Waals surface area contributed by atoms with Crippen LogP contribution >= 0.6 is 0 Å². The average Bonchev–Trinajstić information content (AvgIpc) is 2.49. The van der Waals surface area contributed by atoms with Gasteiger partial charge in [0.05, 0.1) is 12.7 Å². The van der Waals surface area contributed by atoms with Gasteiger partial charge in [0.1, 0.15) is 0 Å². The van der Waals surface area contributed by atoms with E-state index in [4.69, 9.17) is 9.47 Å². The molecule has 0 aromatic carbocycles. The van der Waals surface area contributed by atoms with E-state index in [0.717, 1.165) is 18.6 Å². The maximum atomic E-state index is 5.99. The fourth-order valence-electron chi connectivity index (χ4n) is 1.95. The summed E-state index contributed by atoms with van der Waals surface area (Å²) in [6, 6.07) is 2.05. The van der Waals surface area contributed by atoms with E-state index in [0.29, 0.717) is 12.5 Å². The summed E-state index contributed by atoms with van der Waals surface area (Å²) in [6.45, 7) is 9.39. The lowest BCUT2D eigenvalue weighted by Gasteiger charge is -2.26. The van der Waals surface area contributed by atoms with Crippen LogP contribution in [0.15, 0.2) is 12.3 Å². The third-order valence-electron chi connectivity index (χ3n) is 3.57. The summed E-state index contributed by atoms with van der Waals surface area (Å²) in [4.78, 5) is 4.27. The zero-order valence-electron chi connectivity index (χ0n) is 11.1. The van der Waals surface area contributed by atoms with Crippen molar-refractivity contribution in [1.29, 1.82) is 0 Å². The summed E-state index contributed by atoms with van der Waals surface area (Å²) in [5, 5.41) is 0. The SMILES string of the molecule is CCC(C)(C)c1ccnc2c1OC(C)CCO2. The third kappa shape index (κ3) is 2.38. The van der Waals surface area contributed by atoms with Gasteiger partial charge in [-0.1, -0.05) is 20.8 Å². The van der Waals surface area contributed by atoms with Crippen molar-refractivity contribution in [2.45, 2.75) is 52.1 Å². The Balaban J connectivity index is 2.48. The van der Waals surface area contributed by atoms with Crippen molar-refractivity contribution < 1.29 is 9.47 Å². The summed E-state index contributed by atoms with van der Waals surface area (Å²) in [7, 11) is 0. The van der Waals surface area contributed by atoms with E-state index in [1.54, 1.807) is 0 Å². The van der Waals surface area contributed by atoms with Gasteiger partial charge in [-0.05, 0) is 24.8 Å². The first-order valence-corrected chi connectivity index (χ1v) is 6.33. The molecule has 0 radical (unpaired) electrons. The number of nitrogens with zero attached hydrogens (tertiary/aromatic N) is 1. The second-order valence-electron chi connectivity index (χ2n) is 5.30. The highest BCUT2D eigenvalue weighted by molar-refractivity contribution is 5.45. The fraction of sp³-hybridized carbons (Fsp3) is 0.643. The molecule has 1 unspecified atom stereocenters. The van der Waals surface area contributed by atoms with Crippen LogP contribution in [-0.4, -0.2) is 17.7 Å². The predicted molar refractivity (Wildman–Crippen MR) is 67.8 cm³/mol. The summed E-state index contributed by atoms with van der Waals surface area (Å²) in [5.41, 5.74) is 1.28. The van der Waals surface area contributed by atoms with Crippen molar-refractivity contribution in [1.82, 2.24) is 4.98 Å². The topological polar surface area (TPSA) is 31.4 Å². The Morgan fingerprint density at radius 3 is 2.94 bits per heavy atom. The molecule has 1 aliphatic rings. The molecule has 1 aliphatic heterocycles. The number of hydrogen-bond acceptors (Lipinski definition) is 3. The summed E-state index contributed by atoms with van der Waals surface area (Å²) < 4.78 is 11.7. The van der Waals surface area contributed by atoms with Gasteiger partial charge in [-0.3, -0.25) is 0 Å². The molecular weight excluding hydrogens is 214 g/mol. The molecule has 2 heterocycles. The van der Waals surface area contributed by atoms with E-state index in [-0.39, 0.29) is 11.5 Å². The highest BCUT2D eigenvalue weighted by Gasteiger charge is 2.28. The van der Waals surface area contributed by atoms with Crippen molar-refractivity contribution in [2.24, 2.45) is 0 Å². The largest absolute Gasteiger partial charge is 0.485 e. The molecule has 1 aromatic heterocycles. The first kappa shape index (κ1) is 12.2. The highest BCUT2D eigenvalue weighted by atomic mass is 16.5. The molecule has 0 aliphatic carbocycles. The van der Waals surface area contributed by atoms with E-state index in [1.165, 1.54) is 5.56 Å².